The summed E-state index contributed by atoms with van der Waals surface area (Å²) in [6.07, 6.45) is 0. The van der Waals surface area contributed by atoms with Crippen molar-refractivity contribution in [3.63, 3.8) is 0 Å². The van der Waals surface area contributed by atoms with Crippen LogP contribution in [0.25, 0.3) is 28.1 Å². The molecule has 5 rings (SSSR count). The maximum absolute atomic E-state index is 13.6. The second-order valence-corrected chi connectivity index (χ2v) is 8.44. The number of benzene rings is 4. The Hall–Kier alpha value is -4.41. The van der Waals surface area contributed by atoms with Gasteiger partial charge in [0.15, 0.2) is 0 Å². The average Bonchev–Trinajstić information content (AvgIpc) is 2.93. The van der Waals surface area contributed by atoms with Crippen LogP contribution in [0.1, 0.15) is 10.5 Å². The Morgan fingerprint density at radius 1 is 0.629 bits per heavy atom. The van der Waals surface area contributed by atoms with Crippen LogP contribution in [-0.4, -0.2) is 5.91 Å². The number of nitrogens with one attached hydrogen (secondary N) is 2. The monoisotopic (exact) mass is 476 g/mol. The largest absolute Gasteiger partial charge is 0.334 e. The minimum Gasteiger partial charge on any atom is -0.298 e. The number of rotatable bonds is 6. The summed E-state index contributed by atoms with van der Waals surface area (Å²) in [7, 11) is 0. The summed E-state index contributed by atoms with van der Waals surface area (Å²) in [6.45, 7) is 0. The summed E-state index contributed by atoms with van der Waals surface area (Å²) in [6, 6.07) is 41.1. The van der Waals surface area contributed by atoms with Gasteiger partial charge >= 0.3 is 5.91 Å². The van der Waals surface area contributed by atoms with E-state index < -0.39 is 0 Å². The lowest BCUT2D eigenvalue weighted by atomic mass is 10.0. The maximum atomic E-state index is 13.6. The van der Waals surface area contributed by atoms with Crippen LogP contribution < -0.4 is 15.4 Å². The van der Waals surface area contributed by atoms with Gasteiger partial charge in [-0.05, 0) is 47.5 Å². The van der Waals surface area contributed by atoms with Gasteiger partial charge in [0.2, 0.25) is 11.4 Å². The van der Waals surface area contributed by atoms with E-state index in [-0.39, 0.29) is 5.91 Å². The quantitative estimate of drug-likeness (QED) is 0.211. The van der Waals surface area contributed by atoms with Crippen LogP contribution in [0.15, 0.2) is 127 Å². The number of hydrazine groups is 1. The van der Waals surface area contributed by atoms with E-state index in [1.807, 2.05) is 126 Å². The highest BCUT2D eigenvalue weighted by molar-refractivity contribution is 6.30. The van der Waals surface area contributed by atoms with Gasteiger partial charge in [-0.2, -0.15) is 0 Å². The van der Waals surface area contributed by atoms with Crippen LogP contribution in [0.4, 0.5) is 5.69 Å². The van der Waals surface area contributed by atoms with E-state index in [2.05, 4.69) is 16.9 Å². The standard InChI is InChI=1S/C30H22ClN3O/c31-25-16-18-27(19-17-25)34-28(23-12-6-2-7-13-23)20-24(22-10-4-1-5-11-22)21-29(34)30(35)33-32-26-14-8-3-9-15-26/h1-21,35H/p+1. The average molecular weight is 477 g/mol. The van der Waals surface area contributed by atoms with Crippen molar-refractivity contribution in [2.75, 3.05) is 5.43 Å². The van der Waals surface area contributed by atoms with Gasteiger partial charge in [0.05, 0.1) is 5.69 Å². The highest BCUT2D eigenvalue weighted by Gasteiger charge is 2.28. The van der Waals surface area contributed by atoms with Crippen LogP contribution in [0.3, 0.4) is 0 Å². The molecule has 4 aromatic carbocycles. The van der Waals surface area contributed by atoms with Gasteiger partial charge < -0.3 is 0 Å². The number of carbonyl (C=O) groups excluding carboxylic acids is 1. The Morgan fingerprint density at radius 2 is 1.20 bits per heavy atom. The van der Waals surface area contributed by atoms with Gasteiger partial charge in [0, 0.05) is 34.9 Å². The molecule has 0 aliphatic heterocycles. The van der Waals surface area contributed by atoms with Crippen LogP contribution in [0.5, 0.6) is 0 Å². The number of hydrogen-bond donors (Lipinski definition) is 2. The number of aromatic nitrogens is 1. The van der Waals surface area contributed by atoms with Gasteiger partial charge in [0.25, 0.3) is 5.69 Å². The molecule has 170 valence electrons. The van der Waals surface area contributed by atoms with Crippen molar-refractivity contribution in [3.8, 4) is 28.1 Å². The number of anilines is 1. The molecule has 2 N–H and O–H groups in total. The fourth-order valence-corrected chi connectivity index (χ4v) is 4.09. The molecule has 1 aromatic heterocycles. The molecular formula is C30H23ClN3O+. The minimum atomic E-state index is -0.265. The van der Waals surface area contributed by atoms with Crippen LogP contribution in [0, 0.1) is 0 Å². The van der Waals surface area contributed by atoms with Crippen molar-refractivity contribution in [1.29, 1.82) is 0 Å². The van der Waals surface area contributed by atoms with Crippen molar-refractivity contribution < 1.29 is 9.36 Å². The molecule has 0 bridgehead atoms. The van der Waals surface area contributed by atoms with Gasteiger partial charge in [-0.15, -0.1) is 4.57 Å². The first-order valence-electron chi connectivity index (χ1n) is 11.3. The van der Waals surface area contributed by atoms with Crippen molar-refractivity contribution >= 4 is 23.2 Å². The molecule has 0 atom stereocenters. The van der Waals surface area contributed by atoms with E-state index in [9.17, 15) is 4.79 Å². The molecule has 35 heavy (non-hydrogen) atoms. The summed E-state index contributed by atoms with van der Waals surface area (Å²) < 4.78 is 1.96. The van der Waals surface area contributed by atoms with E-state index in [1.54, 1.807) is 0 Å². The van der Waals surface area contributed by atoms with E-state index in [0.29, 0.717) is 10.7 Å². The fraction of sp³-hybridized carbons (Fsp3) is 0. The Bertz CT molecular complexity index is 1440. The first-order valence-corrected chi connectivity index (χ1v) is 11.7. The topological polar surface area (TPSA) is 45.0 Å². The Morgan fingerprint density at radius 3 is 1.83 bits per heavy atom. The maximum Gasteiger partial charge on any atom is 0.334 e. The lowest BCUT2D eigenvalue weighted by Gasteiger charge is -2.13. The van der Waals surface area contributed by atoms with E-state index in [0.717, 1.165) is 33.8 Å². The molecule has 4 nitrogen and oxygen atoms in total. The van der Waals surface area contributed by atoms with Crippen molar-refractivity contribution in [2.45, 2.75) is 0 Å². The lowest BCUT2D eigenvalue weighted by molar-refractivity contribution is -0.586. The first kappa shape index (κ1) is 22.4. The summed E-state index contributed by atoms with van der Waals surface area (Å²) in [5.41, 5.74) is 11.8. The van der Waals surface area contributed by atoms with Crippen LogP contribution >= 0.6 is 11.6 Å². The normalized spacial score (nSPS) is 10.5. The third-order valence-corrected chi connectivity index (χ3v) is 5.91. The molecular weight excluding hydrogens is 454 g/mol. The summed E-state index contributed by atoms with van der Waals surface area (Å²) in [5.74, 6) is -0.265. The highest BCUT2D eigenvalue weighted by Crippen LogP contribution is 2.27. The highest BCUT2D eigenvalue weighted by atomic mass is 35.5. The summed E-state index contributed by atoms with van der Waals surface area (Å²) in [5, 5.41) is 0.633. The number of pyridine rings is 1. The third-order valence-electron chi connectivity index (χ3n) is 5.65. The molecule has 0 aliphatic rings. The number of amides is 1. The first-order chi connectivity index (χ1) is 17.2. The molecule has 0 spiro atoms. The summed E-state index contributed by atoms with van der Waals surface area (Å²) in [4.78, 5) is 13.6. The molecule has 0 saturated carbocycles. The molecule has 0 saturated heterocycles. The molecule has 5 heteroatoms. The third kappa shape index (κ3) is 5.08. The van der Waals surface area contributed by atoms with Crippen molar-refractivity contribution in [3.05, 3.63) is 138 Å². The lowest BCUT2D eigenvalue weighted by Crippen LogP contribution is -2.45. The number of halogens is 1. The molecule has 1 heterocycles. The Balaban J connectivity index is 1.70. The SMILES string of the molecule is O=C(NNc1ccccc1)c1cc(-c2ccccc2)cc(-c2ccccc2)[n+]1-c1ccc(Cl)cc1. The predicted molar refractivity (Wildman–Crippen MR) is 141 cm³/mol. The second kappa shape index (κ2) is 10.2. The molecule has 0 unspecified atom stereocenters. The molecule has 5 aromatic rings. The number of carbonyl (C=O) groups is 1. The van der Waals surface area contributed by atoms with Gasteiger partial charge in [-0.25, -0.2) is 0 Å². The van der Waals surface area contributed by atoms with Crippen LogP contribution in [0.2, 0.25) is 5.02 Å². The Labute approximate surface area is 209 Å². The van der Waals surface area contributed by atoms with Gasteiger partial charge in [-0.3, -0.25) is 15.6 Å². The van der Waals surface area contributed by atoms with Gasteiger partial charge in [-0.1, -0.05) is 78.3 Å². The van der Waals surface area contributed by atoms with Crippen LogP contribution in [-0.2, 0) is 0 Å². The van der Waals surface area contributed by atoms with E-state index >= 15 is 0 Å². The molecule has 0 radical (unpaired) electrons. The Kier molecular flexibility index (Phi) is 6.55. The number of nitrogens with zero attached hydrogens (tertiary/aromatic N) is 1. The van der Waals surface area contributed by atoms with E-state index in [4.69, 9.17) is 11.6 Å². The number of para-hydroxylation sites is 1. The second-order valence-electron chi connectivity index (χ2n) is 8.00. The predicted octanol–water partition coefficient (Wildman–Crippen LogP) is 6.71. The van der Waals surface area contributed by atoms with Gasteiger partial charge in [0.1, 0.15) is 0 Å². The minimum absolute atomic E-state index is 0.265. The van der Waals surface area contributed by atoms with Crippen molar-refractivity contribution in [1.82, 2.24) is 5.43 Å². The smallest absolute Gasteiger partial charge is 0.298 e. The molecule has 0 fully saturated rings. The fourth-order valence-electron chi connectivity index (χ4n) is 3.96. The molecule has 1 amide bonds. The zero-order valence-corrected chi connectivity index (χ0v) is 19.6. The van der Waals surface area contributed by atoms with Crippen molar-refractivity contribution in [2.24, 2.45) is 0 Å². The molecule has 0 aliphatic carbocycles. The zero-order chi connectivity index (χ0) is 24.0. The number of hydrogen-bond acceptors (Lipinski definition) is 2. The zero-order valence-electron chi connectivity index (χ0n) is 18.9. The van der Waals surface area contributed by atoms with E-state index in [1.165, 1.54) is 0 Å². The summed E-state index contributed by atoms with van der Waals surface area (Å²) >= 11 is 6.18.